The van der Waals surface area contributed by atoms with Gasteiger partial charge in [0, 0.05) is 5.33 Å². The molecule has 104 valence electrons. The molecule has 0 spiro atoms. The Bertz CT molecular complexity index is 311. The molecular formula is C16H27BrO. The molecule has 0 aromatic heterocycles. The lowest BCUT2D eigenvalue weighted by atomic mass is 9.93. The molecule has 0 aromatic carbocycles. The number of hydrogen-bond donors (Lipinski definition) is 1. The highest BCUT2D eigenvalue weighted by atomic mass is 79.9. The summed E-state index contributed by atoms with van der Waals surface area (Å²) in [4.78, 5) is 0. The Labute approximate surface area is 120 Å². The van der Waals surface area contributed by atoms with Gasteiger partial charge in [0.2, 0.25) is 0 Å². The fraction of sp³-hybridized carbons (Fsp3) is 0.750. The molecule has 1 unspecified atom stereocenters. The van der Waals surface area contributed by atoms with Crippen molar-refractivity contribution in [2.24, 2.45) is 5.92 Å². The summed E-state index contributed by atoms with van der Waals surface area (Å²) < 4.78 is 0. The summed E-state index contributed by atoms with van der Waals surface area (Å²) in [7, 11) is 0. The van der Waals surface area contributed by atoms with Crippen molar-refractivity contribution < 1.29 is 5.11 Å². The molecule has 0 bridgehead atoms. The summed E-state index contributed by atoms with van der Waals surface area (Å²) in [6.45, 7) is 6.48. The average molecular weight is 315 g/mol. The van der Waals surface area contributed by atoms with Crippen LogP contribution in [0.25, 0.3) is 0 Å². The third-order valence-electron chi connectivity index (χ3n) is 3.73. The molecule has 18 heavy (non-hydrogen) atoms. The van der Waals surface area contributed by atoms with Crippen LogP contribution in [-0.4, -0.2) is 16.0 Å². The largest absolute Gasteiger partial charge is 0.389 e. The summed E-state index contributed by atoms with van der Waals surface area (Å²) in [5.74, 6) is 0.538. The van der Waals surface area contributed by atoms with Crippen LogP contribution in [0.15, 0.2) is 23.3 Å². The molecule has 0 aromatic rings. The van der Waals surface area contributed by atoms with Gasteiger partial charge in [0.05, 0.1) is 5.60 Å². The maximum Gasteiger partial charge on any atom is 0.0775 e. The third kappa shape index (κ3) is 5.71. The number of hydrogen-bond acceptors (Lipinski definition) is 1. The quantitative estimate of drug-likeness (QED) is 0.494. The first-order chi connectivity index (χ1) is 8.48. The van der Waals surface area contributed by atoms with Crippen molar-refractivity contribution in [1.29, 1.82) is 0 Å². The Morgan fingerprint density at radius 3 is 2.39 bits per heavy atom. The van der Waals surface area contributed by atoms with E-state index in [1.807, 2.05) is 0 Å². The predicted octanol–water partition coefficient (Wildman–Crippen LogP) is 5.00. The van der Waals surface area contributed by atoms with E-state index in [0.717, 1.165) is 31.0 Å². The first-order valence-corrected chi connectivity index (χ1v) is 8.17. The van der Waals surface area contributed by atoms with E-state index >= 15 is 0 Å². The summed E-state index contributed by atoms with van der Waals surface area (Å²) in [5.41, 5.74) is 2.38. The van der Waals surface area contributed by atoms with Gasteiger partial charge >= 0.3 is 0 Å². The lowest BCUT2D eigenvalue weighted by Crippen LogP contribution is -2.33. The van der Waals surface area contributed by atoms with Gasteiger partial charge in [0.25, 0.3) is 0 Å². The lowest BCUT2D eigenvalue weighted by Gasteiger charge is -2.25. The fourth-order valence-electron chi connectivity index (χ4n) is 2.26. The zero-order valence-corrected chi connectivity index (χ0v) is 13.6. The smallest absolute Gasteiger partial charge is 0.0775 e. The minimum Gasteiger partial charge on any atom is -0.389 e. The number of allylic oxidation sites excluding steroid dienone is 4. The van der Waals surface area contributed by atoms with Crippen molar-refractivity contribution in [3.8, 4) is 0 Å². The Hall–Kier alpha value is -0.0800. The first kappa shape index (κ1) is 16.0. The van der Waals surface area contributed by atoms with E-state index in [4.69, 9.17) is 0 Å². The van der Waals surface area contributed by atoms with Crippen LogP contribution in [-0.2, 0) is 0 Å². The molecule has 1 fully saturated rings. The zero-order chi connectivity index (χ0) is 13.6. The van der Waals surface area contributed by atoms with E-state index in [9.17, 15) is 5.11 Å². The molecule has 0 saturated heterocycles. The van der Waals surface area contributed by atoms with Gasteiger partial charge in [-0.05, 0) is 65.2 Å². The SMILES string of the molecule is CC(C)=CCC/C(C)=C/CCC(O)(CBr)C1CC1. The number of alkyl halides is 1. The van der Waals surface area contributed by atoms with E-state index in [2.05, 4.69) is 48.9 Å². The molecule has 1 nitrogen and oxygen atoms in total. The van der Waals surface area contributed by atoms with Gasteiger partial charge in [-0.15, -0.1) is 0 Å². The van der Waals surface area contributed by atoms with Crippen LogP contribution < -0.4 is 0 Å². The Morgan fingerprint density at radius 2 is 1.89 bits per heavy atom. The molecular weight excluding hydrogens is 288 g/mol. The van der Waals surface area contributed by atoms with E-state index in [1.165, 1.54) is 24.0 Å². The van der Waals surface area contributed by atoms with Gasteiger partial charge < -0.3 is 5.11 Å². The maximum atomic E-state index is 10.4. The molecule has 1 atom stereocenters. The maximum absolute atomic E-state index is 10.4. The highest BCUT2D eigenvalue weighted by molar-refractivity contribution is 9.09. The second-order valence-corrected chi connectivity index (χ2v) is 6.48. The summed E-state index contributed by atoms with van der Waals surface area (Å²) in [5, 5.41) is 11.2. The summed E-state index contributed by atoms with van der Waals surface area (Å²) in [6.07, 6.45) is 11.2. The highest BCUT2D eigenvalue weighted by Crippen LogP contribution is 2.43. The van der Waals surface area contributed by atoms with Gasteiger partial charge in [0.1, 0.15) is 0 Å². The van der Waals surface area contributed by atoms with Gasteiger partial charge in [0.15, 0.2) is 0 Å². The van der Waals surface area contributed by atoms with Crippen LogP contribution in [0.4, 0.5) is 0 Å². The molecule has 1 saturated carbocycles. The van der Waals surface area contributed by atoms with Crippen molar-refractivity contribution in [1.82, 2.24) is 0 Å². The van der Waals surface area contributed by atoms with Crippen LogP contribution >= 0.6 is 15.9 Å². The Morgan fingerprint density at radius 1 is 1.22 bits per heavy atom. The molecule has 0 amide bonds. The molecule has 1 aliphatic carbocycles. The van der Waals surface area contributed by atoms with Gasteiger partial charge in [-0.3, -0.25) is 0 Å². The topological polar surface area (TPSA) is 20.2 Å². The molecule has 0 radical (unpaired) electrons. The second-order valence-electron chi connectivity index (χ2n) is 5.92. The van der Waals surface area contributed by atoms with Crippen LogP contribution in [0.3, 0.4) is 0 Å². The van der Waals surface area contributed by atoms with E-state index < -0.39 is 5.60 Å². The summed E-state index contributed by atoms with van der Waals surface area (Å²) in [6, 6.07) is 0. The summed E-state index contributed by atoms with van der Waals surface area (Å²) >= 11 is 3.46. The van der Waals surface area contributed by atoms with Gasteiger partial charge in [-0.2, -0.15) is 0 Å². The zero-order valence-electron chi connectivity index (χ0n) is 12.0. The van der Waals surface area contributed by atoms with E-state index in [0.29, 0.717) is 5.92 Å². The second kappa shape index (κ2) is 7.49. The average Bonchev–Trinajstić information content (AvgIpc) is 3.12. The monoisotopic (exact) mass is 314 g/mol. The molecule has 1 N–H and O–H groups in total. The lowest BCUT2D eigenvalue weighted by molar-refractivity contribution is 0.0352. The molecule has 0 aliphatic heterocycles. The molecule has 1 aliphatic rings. The molecule has 1 rings (SSSR count). The molecule has 0 heterocycles. The van der Waals surface area contributed by atoms with Crippen LogP contribution in [0.2, 0.25) is 0 Å². The van der Waals surface area contributed by atoms with E-state index in [1.54, 1.807) is 0 Å². The van der Waals surface area contributed by atoms with Gasteiger partial charge in [-0.1, -0.05) is 39.2 Å². The van der Waals surface area contributed by atoms with Crippen molar-refractivity contribution in [2.75, 3.05) is 5.33 Å². The van der Waals surface area contributed by atoms with Crippen molar-refractivity contribution in [3.05, 3.63) is 23.3 Å². The molecule has 2 heteroatoms. The van der Waals surface area contributed by atoms with Gasteiger partial charge in [-0.25, -0.2) is 0 Å². The minimum absolute atomic E-state index is 0.462. The van der Waals surface area contributed by atoms with E-state index in [-0.39, 0.29) is 0 Å². The third-order valence-corrected chi connectivity index (χ3v) is 4.70. The Kier molecular flexibility index (Phi) is 6.65. The van der Waals surface area contributed by atoms with Crippen LogP contribution in [0.5, 0.6) is 0 Å². The number of aliphatic hydroxyl groups is 1. The normalized spacial score (nSPS) is 19.5. The van der Waals surface area contributed by atoms with Crippen LogP contribution in [0.1, 0.15) is 59.3 Å². The number of halogens is 1. The Balaban J connectivity index is 2.28. The standard InChI is InChI=1S/C16H27BrO/c1-13(2)6-4-7-14(3)8-5-11-16(18,12-17)15-9-10-15/h6,8,15,18H,4-5,7,9-12H2,1-3H3/b14-8+. The van der Waals surface area contributed by atoms with Crippen LogP contribution in [0, 0.1) is 5.92 Å². The van der Waals surface area contributed by atoms with Crippen molar-refractivity contribution in [3.63, 3.8) is 0 Å². The van der Waals surface area contributed by atoms with Crippen molar-refractivity contribution >= 4 is 15.9 Å². The van der Waals surface area contributed by atoms with Crippen molar-refractivity contribution in [2.45, 2.75) is 64.9 Å². The first-order valence-electron chi connectivity index (χ1n) is 7.05. The predicted molar refractivity (Wildman–Crippen MR) is 83.1 cm³/mol. The highest BCUT2D eigenvalue weighted by Gasteiger charge is 2.42. The minimum atomic E-state index is -0.462. The fourth-order valence-corrected chi connectivity index (χ4v) is 3.00. The number of rotatable bonds is 8.